The fraction of sp³-hybridized carbons (Fsp3) is 0.636. The molecule has 29 heavy (non-hydrogen) atoms. The number of hydrogen-bond donors (Lipinski definition) is 2. The molecule has 2 atom stereocenters. The largest absolute Gasteiger partial charge is 0.494 e. The van der Waals surface area contributed by atoms with Crippen molar-refractivity contribution in [2.24, 2.45) is 28.6 Å². The van der Waals surface area contributed by atoms with Gasteiger partial charge in [-0.3, -0.25) is 0 Å². The van der Waals surface area contributed by atoms with Gasteiger partial charge in [-0.15, -0.1) is 0 Å². The lowest BCUT2D eigenvalue weighted by molar-refractivity contribution is 0.0195. The molecule has 0 bridgehead atoms. The van der Waals surface area contributed by atoms with E-state index in [0.717, 1.165) is 81.0 Å². The zero-order valence-corrected chi connectivity index (χ0v) is 17.0. The number of aliphatic imine (C=N–C) groups is 1. The summed E-state index contributed by atoms with van der Waals surface area (Å²) in [5.74, 6) is 8.38. The van der Waals surface area contributed by atoms with Crippen LogP contribution >= 0.6 is 0 Å². The average Bonchev–Trinajstić information content (AvgIpc) is 3.49. The number of rotatable bonds is 8. The highest BCUT2D eigenvalue weighted by molar-refractivity contribution is 5.68. The number of hydrogen-bond acceptors (Lipinski definition) is 5. The molecule has 7 heteroatoms. The zero-order valence-electron chi connectivity index (χ0n) is 17.0. The van der Waals surface area contributed by atoms with E-state index in [1.54, 1.807) is 0 Å². The lowest BCUT2D eigenvalue weighted by Gasteiger charge is -2.34. The predicted molar refractivity (Wildman–Crippen MR) is 112 cm³/mol. The van der Waals surface area contributed by atoms with Gasteiger partial charge in [-0.25, -0.2) is 15.6 Å². The van der Waals surface area contributed by atoms with Gasteiger partial charge in [0.05, 0.1) is 12.3 Å². The Hall–Kier alpha value is -2.28. The molecule has 7 nitrogen and oxygen atoms in total. The number of likely N-dealkylation sites (tertiary alicyclic amines) is 1. The molecule has 4 rings (SSSR count). The Morgan fingerprint density at radius 3 is 2.62 bits per heavy atom. The molecule has 2 unspecified atom stereocenters. The van der Waals surface area contributed by atoms with Gasteiger partial charge < -0.3 is 19.8 Å². The number of nitrogens with two attached hydrogens (primary N) is 1. The molecular formula is C22H32N4O3. The quantitative estimate of drug-likeness (QED) is 0.301. The molecule has 2 aliphatic carbocycles. The predicted octanol–water partition coefficient (Wildman–Crippen LogP) is 3.62. The summed E-state index contributed by atoms with van der Waals surface area (Å²) < 4.78 is 11.4. The van der Waals surface area contributed by atoms with Crippen LogP contribution in [0.2, 0.25) is 0 Å². The standard InChI is InChI=1S/C22H32N4O3/c23-25-15-24-18-4-6-19(7-5-18)28-13-10-17-14-21(17)16-8-11-26(12-9-16)22(27)29-20-2-1-3-20/h4-7,15-17,20-21H,1-3,8-14,23H2,(H,24,25). The molecule has 1 aromatic carbocycles. The summed E-state index contributed by atoms with van der Waals surface area (Å²) in [5, 5.41) is 0. The van der Waals surface area contributed by atoms with E-state index in [0.29, 0.717) is 0 Å². The molecule has 1 aromatic rings. The van der Waals surface area contributed by atoms with Gasteiger partial charge in [0.15, 0.2) is 0 Å². The highest BCUT2D eigenvalue weighted by Crippen LogP contribution is 2.49. The van der Waals surface area contributed by atoms with Crippen molar-refractivity contribution < 1.29 is 14.3 Å². The number of nitrogens with zero attached hydrogens (tertiary/aromatic N) is 2. The van der Waals surface area contributed by atoms with Gasteiger partial charge in [0.25, 0.3) is 0 Å². The summed E-state index contributed by atoms with van der Waals surface area (Å²) in [6, 6.07) is 7.69. The first-order chi connectivity index (χ1) is 14.2. The highest BCUT2D eigenvalue weighted by Gasteiger charge is 2.43. The first-order valence-corrected chi connectivity index (χ1v) is 10.9. The fourth-order valence-electron chi connectivity index (χ4n) is 4.46. The second-order valence-corrected chi connectivity index (χ2v) is 8.48. The molecule has 3 N–H and O–H groups in total. The molecule has 2 saturated carbocycles. The van der Waals surface area contributed by atoms with Gasteiger partial charge >= 0.3 is 6.09 Å². The molecule has 1 aliphatic heterocycles. The van der Waals surface area contributed by atoms with Crippen LogP contribution < -0.4 is 16.0 Å². The summed E-state index contributed by atoms with van der Waals surface area (Å²) in [4.78, 5) is 18.2. The van der Waals surface area contributed by atoms with Crippen LogP contribution in [0.3, 0.4) is 0 Å². The van der Waals surface area contributed by atoms with Crippen molar-refractivity contribution in [2.75, 3.05) is 19.7 Å². The minimum Gasteiger partial charge on any atom is -0.494 e. The third kappa shape index (κ3) is 5.41. The highest BCUT2D eigenvalue weighted by atomic mass is 16.6. The van der Waals surface area contributed by atoms with E-state index < -0.39 is 0 Å². The Labute approximate surface area is 172 Å². The van der Waals surface area contributed by atoms with Gasteiger partial charge in [-0.2, -0.15) is 0 Å². The maximum atomic E-state index is 12.2. The Kier molecular flexibility index (Phi) is 6.54. The Morgan fingerprint density at radius 2 is 1.97 bits per heavy atom. The third-order valence-electron chi connectivity index (χ3n) is 6.58. The lowest BCUT2D eigenvalue weighted by Crippen LogP contribution is -2.41. The summed E-state index contributed by atoms with van der Waals surface area (Å²) in [7, 11) is 0. The number of ether oxygens (including phenoxy) is 2. The second kappa shape index (κ2) is 9.48. The van der Waals surface area contributed by atoms with E-state index in [9.17, 15) is 4.79 Å². The Balaban J connectivity index is 1.11. The number of benzene rings is 1. The fourth-order valence-corrected chi connectivity index (χ4v) is 4.46. The van der Waals surface area contributed by atoms with E-state index in [1.807, 2.05) is 29.2 Å². The van der Waals surface area contributed by atoms with E-state index in [4.69, 9.17) is 15.3 Å². The van der Waals surface area contributed by atoms with Crippen molar-refractivity contribution in [1.29, 1.82) is 0 Å². The van der Waals surface area contributed by atoms with Crippen LogP contribution in [0.5, 0.6) is 5.75 Å². The molecule has 1 amide bonds. The number of carbonyl (C=O) groups excluding carboxylic acids is 1. The van der Waals surface area contributed by atoms with E-state index in [-0.39, 0.29) is 12.2 Å². The molecule has 0 radical (unpaired) electrons. The first kappa shape index (κ1) is 20.0. The Bertz CT molecular complexity index is 697. The molecule has 3 aliphatic rings. The minimum atomic E-state index is -0.0927. The smallest absolute Gasteiger partial charge is 0.410 e. The van der Waals surface area contributed by atoms with Gasteiger partial charge in [0, 0.05) is 13.1 Å². The normalized spacial score (nSPS) is 24.9. The third-order valence-corrected chi connectivity index (χ3v) is 6.58. The summed E-state index contributed by atoms with van der Waals surface area (Å²) in [6.07, 6.45) is 9.44. The van der Waals surface area contributed by atoms with Crippen LogP contribution in [0.4, 0.5) is 10.5 Å². The molecular weight excluding hydrogens is 368 g/mol. The van der Waals surface area contributed by atoms with Crippen molar-refractivity contribution in [2.45, 2.75) is 51.0 Å². The van der Waals surface area contributed by atoms with E-state index in [2.05, 4.69) is 10.4 Å². The average molecular weight is 401 g/mol. The molecule has 1 heterocycles. The van der Waals surface area contributed by atoms with Crippen molar-refractivity contribution in [3.05, 3.63) is 24.3 Å². The number of piperidine rings is 1. The van der Waals surface area contributed by atoms with E-state index in [1.165, 1.54) is 19.2 Å². The molecule has 1 saturated heterocycles. The van der Waals surface area contributed by atoms with Crippen molar-refractivity contribution in [3.63, 3.8) is 0 Å². The maximum absolute atomic E-state index is 12.2. The molecule has 0 spiro atoms. The van der Waals surface area contributed by atoms with Crippen LogP contribution in [0, 0.1) is 17.8 Å². The number of hydrazine groups is 1. The molecule has 0 aromatic heterocycles. The van der Waals surface area contributed by atoms with Crippen LogP contribution in [0.25, 0.3) is 0 Å². The van der Waals surface area contributed by atoms with Crippen molar-refractivity contribution in [1.82, 2.24) is 10.3 Å². The van der Waals surface area contributed by atoms with Gasteiger partial charge in [0.2, 0.25) is 0 Å². The minimum absolute atomic E-state index is 0.0927. The summed E-state index contributed by atoms with van der Waals surface area (Å²) >= 11 is 0. The maximum Gasteiger partial charge on any atom is 0.410 e. The summed E-state index contributed by atoms with van der Waals surface area (Å²) in [6.45, 7) is 2.45. The van der Waals surface area contributed by atoms with Crippen molar-refractivity contribution in [3.8, 4) is 5.75 Å². The van der Waals surface area contributed by atoms with Gasteiger partial charge in [-0.05, 0) is 87.0 Å². The second-order valence-electron chi connectivity index (χ2n) is 8.48. The zero-order chi connectivity index (χ0) is 20.1. The van der Waals surface area contributed by atoms with E-state index >= 15 is 0 Å². The summed E-state index contributed by atoms with van der Waals surface area (Å²) in [5.41, 5.74) is 3.22. The number of carbonyl (C=O) groups is 1. The van der Waals surface area contributed by atoms with Gasteiger partial charge in [-0.1, -0.05) is 0 Å². The van der Waals surface area contributed by atoms with Crippen LogP contribution in [0.15, 0.2) is 29.3 Å². The number of nitrogens with one attached hydrogen (secondary N) is 1. The van der Waals surface area contributed by atoms with Crippen LogP contribution in [-0.4, -0.2) is 43.1 Å². The first-order valence-electron chi connectivity index (χ1n) is 10.9. The molecule has 158 valence electrons. The SMILES string of the molecule is NNC=Nc1ccc(OCCC2CC2C2CCN(C(=O)OC3CCC3)CC2)cc1. The van der Waals surface area contributed by atoms with Crippen LogP contribution in [-0.2, 0) is 4.74 Å². The topological polar surface area (TPSA) is 89.2 Å². The van der Waals surface area contributed by atoms with Crippen LogP contribution in [0.1, 0.15) is 44.9 Å². The lowest BCUT2D eigenvalue weighted by atomic mass is 9.90. The van der Waals surface area contributed by atoms with Gasteiger partial charge in [0.1, 0.15) is 18.2 Å². The van der Waals surface area contributed by atoms with Crippen molar-refractivity contribution >= 4 is 18.1 Å². The number of amides is 1. The Morgan fingerprint density at radius 1 is 1.21 bits per heavy atom. The molecule has 3 fully saturated rings. The monoisotopic (exact) mass is 400 g/mol.